The maximum atomic E-state index is 10.4. The Hall–Kier alpha value is -0.120. The van der Waals surface area contributed by atoms with Gasteiger partial charge in [-0.1, -0.05) is 6.42 Å². The lowest BCUT2D eigenvalue weighted by Gasteiger charge is -2.35. The van der Waals surface area contributed by atoms with Crippen molar-refractivity contribution in [2.24, 2.45) is 11.7 Å². The molecule has 3 N–H and O–H groups in total. The Balaban J connectivity index is 1.86. The van der Waals surface area contributed by atoms with Crippen LogP contribution >= 0.6 is 0 Å². The van der Waals surface area contributed by atoms with Crippen LogP contribution in [0.1, 0.15) is 52.4 Å². The molecule has 0 bridgehead atoms. The molecule has 2 fully saturated rings. The number of aliphatic hydroxyl groups is 1. The van der Waals surface area contributed by atoms with Crippen molar-refractivity contribution < 1.29 is 5.11 Å². The van der Waals surface area contributed by atoms with Gasteiger partial charge in [-0.15, -0.1) is 0 Å². The predicted octanol–water partition coefficient (Wildman–Crippen LogP) is 1.74. The largest absolute Gasteiger partial charge is 0.388 e. The van der Waals surface area contributed by atoms with E-state index in [1.807, 2.05) is 0 Å². The predicted molar refractivity (Wildman–Crippen MR) is 70.8 cm³/mol. The molecule has 2 rings (SSSR count). The van der Waals surface area contributed by atoms with E-state index in [2.05, 4.69) is 18.7 Å². The Morgan fingerprint density at radius 2 is 2.06 bits per heavy atom. The molecule has 2 unspecified atom stereocenters. The van der Waals surface area contributed by atoms with Crippen molar-refractivity contribution in [3.8, 4) is 0 Å². The lowest BCUT2D eigenvalue weighted by Crippen LogP contribution is -2.44. The highest BCUT2D eigenvalue weighted by atomic mass is 16.3. The normalized spacial score (nSPS) is 37.8. The molecule has 1 saturated heterocycles. The van der Waals surface area contributed by atoms with Crippen molar-refractivity contribution in [3.05, 3.63) is 0 Å². The van der Waals surface area contributed by atoms with Crippen LogP contribution in [0.15, 0.2) is 0 Å². The highest BCUT2D eigenvalue weighted by Gasteiger charge is 2.40. The zero-order valence-corrected chi connectivity index (χ0v) is 11.4. The number of hydrogen-bond donors (Lipinski definition) is 2. The number of nitrogens with zero attached hydrogens (tertiary/aromatic N) is 1. The molecule has 0 spiro atoms. The summed E-state index contributed by atoms with van der Waals surface area (Å²) in [5.41, 5.74) is 5.53. The third-order valence-corrected chi connectivity index (χ3v) is 5.10. The molecule has 0 aromatic heterocycles. The number of nitrogens with two attached hydrogens (primary N) is 1. The third-order valence-electron chi connectivity index (χ3n) is 5.10. The summed E-state index contributed by atoms with van der Waals surface area (Å²) in [6.07, 6.45) is 6.93. The molecule has 17 heavy (non-hydrogen) atoms. The standard InChI is InChI=1S/C14H28N2O/c1-13(2)7-4-9-16(13)10-6-12-5-3-8-14(12,17)11-15/h12,17H,3-11,15H2,1-2H3. The van der Waals surface area contributed by atoms with Crippen molar-refractivity contribution in [2.75, 3.05) is 19.6 Å². The van der Waals surface area contributed by atoms with Crippen LogP contribution in [0.4, 0.5) is 0 Å². The van der Waals surface area contributed by atoms with Crippen LogP contribution in [-0.4, -0.2) is 40.8 Å². The van der Waals surface area contributed by atoms with Crippen molar-refractivity contribution in [3.63, 3.8) is 0 Å². The molecule has 0 amide bonds. The molecule has 0 aromatic carbocycles. The first-order chi connectivity index (χ1) is 7.98. The zero-order chi connectivity index (χ0) is 12.5. The molecular formula is C14H28N2O. The second kappa shape index (κ2) is 4.87. The Labute approximate surface area is 105 Å². The number of rotatable bonds is 4. The number of likely N-dealkylation sites (tertiary alicyclic amines) is 1. The molecule has 1 aliphatic carbocycles. The summed E-state index contributed by atoms with van der Waals surface area (Å²) < 4.78 is 0. The van der Waals surface area contributed by atoms with Gasteiger partial charge in [0.15, 0.2) is 0 Å². The molecule has 2 aliphatic rings. The topological polar surface area (TPSA) is 49.5 Å². The van der Waals surface area contributed by atoms with Crippen LogP contribution < -0.4 is 5.73 Å². The monoisotopic (exact) mass is 240 g/mol. The fourth-order valence-electron chi connectivity index (χ4n) is 3.70. The van der Waals surface area contributed by atoms with E-state index in [1.54, 1.807) is 0 Å². The summed E-state index contributed by atoms with van der Waals surface area (Å²) in [7, 11) is 0. The fourth-order valence-corrected chi connectivity index (χ4v) is 3.70. The van der Waals surface area contributed by atoms with E-state index in [4.69, 9.17) is 5.73 Å². The first-order valence-electron chi connectivity index (χ1n) is 7.15. The highest BCUT2D eigenvalue weighted by Crippen LogP contribution is 2.38. The van der Waals surface area contributed by atoms with Crippen molar-refractivity contribution >= 4 is 0 Å². The SMILES string of the molecule is CC1(C)CCCN1CCC1CCCC1(O)CN. The van der Waals surface area contributed by atoms with Gasteiger partial charge in [-0.05, 0) is 65.0 Å². The van der Waals surface area contributed by atoms with Crippen LogP contribution in [0.2, 0.25) is 0 Å². The Kier molecular flexibility index (Phi) is 3.81. The molecule has 3 heteroatoms. The summed E-state index contributed by atoms with van der Waals surface area (Å²) in [6, 6.07) is 0. The first kappa shape index (κ1) is 13.3. The second-order valence-electron chi connectivity index (χ2n) is 6.59. The van der Waals surface area contributed by atoms with Crippen LogP contribution in [0.25, 0.3) is 0 Å². The molecule has 0 aromatic rings. The molecule has 3 nitrogen and oxygen atoms in total. The van der Waals surface area contributed by atoms with Crippen molar-refractivity contribution in [2.45, 2.75) is 63.5 Å². The van der Waals surface area contributed by atoms with E-state index >= 15 is 0 Å². The van der Waals surface area contributed by atoms with Crippen molar-refractivity contribution in [1.82, 2.24) is 4.90 Å². The van der Waals surface area contributed by atoms with Crippen LogP contribution in [0.5, 0.6) is 0 Å². The van der Waals surface area contributed by atoms with Crippen LogP contribution in [0, 0.1) is 5.92 Å². The Morgan fingerprint density at radius 1 is 1.29 bits per heavy atom. The summed E-state index contributed by atoms with van der Waals surface area (Å²) in [5, 5.41) is 10.4. The van der Waals surface area contributed by atoms with Gasteiger partial charge in [0, 0.05) is 12.1 Å². The third kappa shape index (κ3) is 2.67. The van der Waals surface area contributed by atoms with Gasteiger partial charge in [-0.25, -0.2) is 0 Å². The minimum Gasteiger partial charge on any atom is -0.388 e. The average molecular weight is 240 g/mol. The van der Waals surface area contributed by atoms with Crippen LogP contribution in [0.3, 0.4) is 0 Å². The Bertz CT molecular complexity index is 267. The van der Waals surface area contributed by atoms with Gasteiger partial charge in [0.2, 0.25) is 0 Å². The molecule has 1 saturated carbocycles. The lowest BCUT2D eigenvalue weighted by molar-refractivity contribution is 0.00219. The van der Waals surface area contributed by atoms with Crippen LogP contribution in [-0.2, 0) is 0 Å². The van der Waals surface area contributed by atoms with E-state index in [9.17, 15) is 5.11 Å². The second-order valence-corrected chi connectivity index (χ2v) is 6.59. The van der Waals surface area contributed by atoms with Crippen molar-refractivity contribution in [1.29, 1.82) is 0 Å². The van der Waals surface area contributed by atoms with Gasteiger partial charge in [-0.2, -0.15) is 0 Å². The molecule has 100 valence electrons. The van der Waals surface area contributed by atoms with E-state index in [0.29, 0.717) is 18.0 Å². The summed E-state index contributed by atoms with van der Waals surface area (Å²) in [6.45, 7) is 7.45. The molecular weight excluding hydrogens is 212 g/mol. The van der Waals surface area contributed by atoms with E-state index in [-0.39, 0.29) is 0 Å². The maximum Gasteiger partial charge on any atom is 0.0797 e. The molecule has 2 atom stereocenters. The summed E-state index contributed by atoms with van der Waals surface area (Å²) >= 11 is 0. The van der Waals surface area contributed by atoms with Gasteiger partial charge >= 0.3 is 0 Å². The Morgan fingerprint density at radius 3 is 2.65 bits per heavy atom. The smallest absolute Gasteiger partial charge is 0.0797 e. The van der Waals surface area contributed by atoms with Gasteiger partial charge in [0.25, 0.3) is 0 Å². The number of hydrogen-bond acceptors (Lipinski definition) is 3. The molecule has 1 heterocycles. The van der Waals surface area contributed by atoms with E-state index < -0.39 is 5.60 Å². The van der Waals surface area contributed by atoms with Gasteiger partial charge in [-0.3, -0.25) is 4.90 Å². The average Bonchev–Trinajstić information content (AvgIpc) is 2.80. The first-order valence-corrected chi connectivity index (χ1v) is 7.15. The zero-order valence-electron chi connectivity index (χ0n) is 11.4. The van der Waals surface area contributed by atoms with Gasteiger partial charge in [0.1, 0.15) is 0 Å². The quantitative estimate of drug-likeness (QED) is 0.787. The van der Waals surface area contributed by atoms with Gasteiger partial charge < -0.3 is 10.8 Å². The summed E-state index contributed by atoms with van der Waals surface area (Å²) in [5.74, 6) is 0.420. The van der Waals surface area contributed by atoms with E-state index in [0.717, 1.165) is 32.2 Å². The molecule has 1 aliphatic heterocycles. The van der Waals surface area contributed by atoms with Gasteiger partial charge in [0.05, 0.1) is 5.60 Å². The fraction of sp³-hybridized carbons (Fsp3) is 1.00. The molecule has 0 radical (unpaired) electrons. The minimum absolute atomic E-state index is 0.361. The minimum atomic E-state index is -0.566. The maximum absolute atomic E-state index is 10.4. The highest BCUT2D eigenvalue weighted by molar-refractivity contribution is 4.95. The lowest BCUT2D eigenvalue weighted by atomic mass is 9.88. The van der Waals surface area contributed by atoms with E-state index in [1.165, 1.54) is 19.4 Å². The summed E-state index contributed by atoms with van der Waals surface area (Å²) in [4.78, 5) is 2.59.